The first-order valence-electron chi connectivity index (χ1n) is 13.9. The third kappa shape index (κ3) is 4.20. The van der Waals surface area contributed by atoms with Crippen LogP contribution in [-0.2, 0) is 11.2 Å². The van der Waals surface area contributed by atoms with Crippen molar-refractivity contribution in [3.05, 3.63) is 82.8 Å². The van der Waals surface area contributed by atoms with Crippen molar-refractivity contribution in [1.29, 1.82) is 0 Å². The van der Waals surface area contributed by atoms with Crippen molar-refractivity contribution in [2.75, 3.05) is 24.5 Å². The number of halogens is 1. The first kappa shape index (κ1) is 24.7. The fourth-order valence-electron chi connectivity index (χ4n) is 6.21. The lowest BCUT2D eigenvalue weighted by Crippen LogP contribution is -2.38. The van der Waals surface area contributed by atoms with Crippen LogP contribution in [0.1, 0.15) is 65.3 Å². The maximum atomic E-state index is 15.4. The third-order valence-corrected chi connectivity index (χ3v) is 8.66. The van der Waals surface area contributed by atoms with Crippen molar-refractivity contribution in [2.24, 2.45) is 5.92 Å². The Labute approximate surface area is 231 Å². The molecule has 8 nitrogen and oxygen atoms in total. The fourth-order valence-corrected chi connectivity index (χ4v) is 6.21. The van der Waals surface area contributed by atoms with Crippen LogP contribution < -0.4 is 4.90 Å². The molecular formula is C31H30FN5O3. The zero-order valence-corrected chi connectivity index (χ0v) is 22.3. The predicted octanol–water partition coefficient (Wildman–Crippen LogP) is 5.08. The van der Waals surface area contributed by atoms with Gasteiger partial charge in [-0.15, -0.1) is 5.10 Å². The van der Waals surface area contributed by atoms with E-state index in [2.05, 4.69) is 29.1 Å². The molecule has 1 N–H and O–H groups in total. The first-order valence-corrected chi connectivity index (χ1v) is 13.9. The van der Waals surface area contributed by atoms with Gasteiger partial charge in [-0.25, -0.2) is 13.9 Å². The summed E-state index contributed by atoms with van der Waals surface area (Å²) in [7, 11) is 0. The minimum Gasteiger partial charge on any atom is -0.481 e. The summed E-state index contributed by atoms with van der Waals surface area (Å²) >= 11 is 0. The predicted molar refractivity (Wildman–Crippen MR) is 148 cm³/mol. The molecule has 2 aromatic carbocycles. The highest BCUT2D eigenvalue weighted by Crippen LogP contribution is 2.41. The van der Waals surface area contributed by atoms with Crippen molar-refractivity contribution >= 4 is 23.2 Å². The Bertz CT molecular complexity index is 1660. The molecule has 204 valence electrons. The molecule has 9 heteroatoms. The molecule has 2 fully saturated rings. The Kier molecular flexibility index (Phi) is 5.83. The van der Waals surface area contributed by atoms with E-state index in [0.717, 1.165) is 25.0 Å². The van der Waals surface area contributed by atoms with Gasteiger partial charge in [0.2, 0.25) is 0 Å². The van der Waals surface area contributed by atoms with Crippen molar-refractivity contribution in [2.45, 2.75) is 44.6 Å². The van der Waals surface area contributed by atoms with Gasteiger partial charge in [-0.1, -0.05) is 24.3 Å². The van der Waals surface area contributed by atoms with Gasteiger partial charge in [-0.3, -0.25) is 9.59 Å². The second-order valence-electron chi connectivity index (χ2n) is 11.2. The number of carbonyl (C=O) groups excluding carboxylic acids is 1. The zero-order chi connectivity index (χ0) is 27.5. The summed E-state index contributed by atoms with van der Waals surface area (Å²) in [5.74, 6) is -1.19. The van der Waals surface area contributed by atoms with Crippen molar-refractivity contribution in [1.82, 2.24) is 19.5 Å². The van der Waals surface area contributed by atoms with E-state index in [4.69, 9.17) is 0 Å². The Hall–Kier alpha value is -4.27. The number of hydrogen-bond donors (Lipinski definition) is 1. The molecule has 0 radical (unpaired) electrons. The maximum Gasteiger partial charge on any atom is 0.308 e. The second-order valence-corrected chi connectivity index (χ2v) is 11.2. The van der Waals surface area contributed by atoms with Crippen LogP contribution >= 0.6 is 0 Å². The van der Waals surface area contributed by atoms with Crippen LogP contribution in [0, 0.1) is 11.7 Å². The fraction of sp³-hybridized carbons (Fsp3) is 0.355. The van der Waals surface area contributed by atoms with E-state index in [0.29, 0.717) is 48.9 Å². The molecule has 4 aromatic rings. The summed E-state index contributed by atoms with van der Waals surface area (Å²) in [4.78, 5) is 33.6. The number of fused-ring (bicyclic) bond motifs is 2. The van der Waals surface area contributed by atoms with Gasteiger partial charge in [-0.05, 0) is 74.1 Å². The quantitative estimate of drug-likeness (QED) is 0.380. The lowest BCUT2D eigenvalue weighted by Gasteiger charge is -2.35. The van der Waals surface area contributed by atoms with Crippen molar-refractivity contribution in [3.8, 4) is 11.4 Å². The standard InChI is InChI=1S/C31H30FN5O3/c1-18-24-5-3-2-4-19(24)11-13-36(18)30(38)22-14-27(20-6-7-20)37-28(15-22)33-29(34-37)25-9-8-23(16-26(25)32)35-12-10-21(17-35)31(39)40/h2-5,8-9,14-16,18,20-21H,6-7,10-13,17H2,1H3,(H,39,40)/t18-,21+/m1/s1. The van der Waals surface area contributed by atoms with Gasteiger partial charge in [0.15, 0.2) is 11.5 Å². The largest absolute Gasteiger partial charge is 0.481 e. The molecule has 0 spiro atoms. The van der Waals surface area contributed by atoms with Crippen LogP contribution in [0.3, 0.4) is 0 Å². The van der Waals surface area contributed by atoms with E-state index >= 15 is 4.39 Å². The summed E-state index contributed by atoms with van der Waals surface area (Å²) in [6.45, 7) is 3.66. The second kappa shape index (κ2) is 9.43. The zero-order valence-electron chi connectivity index (χ0n) is 22.3. The van der Waals surface area contributed by atoms with Crippen LogP contribution in [0.15, 0.2) is 54.6 Å². The minimum absolute atomic E-state index is 0.0273. The lowest BCUT2D eigenvalue weighted by atomic mass is 9.93. The monoisotopic (exact) mass is 539 g/mol. The number of carboxylic acids is 1. The van der Waals surface area contributed by atoms with Gasteiger partial charge in [-0.2, -0.15) is 0 Å². The number of benzene rings is 2. The SMILES string of the molecule is C[C@@H]1c2ccccc2CCN1C(=O)c1cc(C2CC2)n2nc(-c3ccc(N4CC[C@H](C(=O)O)C4)cc3F)nc2c1. The van der Waals surface area contributed by atoms with Crippen molar-refractivity contribution in [3.63, 3.8) is 0 Å². The van der Waals surface area contributed by atoms with Gasteiger partial charge in [0.05, 0.1) is 17.5 Å². The number of amides is 1. The Morgan fingerprint density at radius 2 is 1.85 bits per heavy atom. The van der Waals surface area contributed by atoms with Crippen LogP contribution in [0.25, 0.3) is 17.0 Å². The highest BCUT2D eigenvalue weighted by Gasteiger charge is 2.33. The Morgan fingerprint density at radius 1 is 1.02 bits per heavy atom. The minimum atomic E-state index is -0.822. The van der Waals surface area contributed by atoms with Crippen LogP contribution in [0.4, 0.5) is 10.1 Å². The van der Waals surface area contributed by atoms with Crippen LogP contribution in [0.2, 0.25) is 0 Å². The molecule has 2 aliphatic heterocycles. The van der Waals surface area contributed by atoms with E-state index in [1.54, 1.807) is 22.7 Å². The normalized spacial score (nSPS) is 20.6. The van der Waals surface area contributed by atoms with E-state index < -0.39 is 17.7 Å². The van der Waals surface area contributed by atoms with Gasteiger partial charge >= 0.3 is 5.97 Å². The summed E-state index contributed by atoms with van der Waals surface area (Å²) in [5, 5.41) is 14.0. The number of pyridine rings is 1. The van der Waals surface area contributed by atoms with Gasteiger partial charge in [0.1, 0.15) is 5.82 Å². The number of anilines is 1. The molecule has 2 aromatic heterocycles. The van der Waals surface area contributed by atoms with Crippen molar-refractivity contribution < 1.29 is 19.1 Å². The topological polar surface area (TPSA) is 91.0 Å². The summed E-state index contributed by atoms with van der Waals surface area (Å²) < 4.78 is 17.1. The molecule has 7 rings (SSSR count). The smallest absolute Gasteiger partial charge is 0.308 e. The third-order valence-electron chi connectivity index (χ3n) is 8.66. The van der Waals surface area contributed by atoms with Gasteiger partial charge < -0.3 is 14.9 Å². The number of rotatable bonds is 5. The molecule has 1 saturated heterocycles. The van der Waals surface area contributed by atoms with E-state index in [-0.39, 0.29) is 23.3 Å². The van der Waals surface area contributed by atoms with Crippen LogP contribution in [-0.4, -0.2) is 56.1 Å². The van der Waals surface area contributed by atoms with Gasteiger partial charge in [0, 0.05) is 42.5 Å². The number of nitrogens with zero attached hydrogens (tertiary/aromatic N) is 5. The maximum absolute atomic E-state index is 15.4. The molecule has 4 heterocycles. The number of carbonyl (C=O) groups is 2. The summed E-state index contributed by atoms with van der Waals surface area (Å²) in [6.07, 6.45) is 3.40. The molecule has 3 aliphatic rings. The Morgan fingerprint density at radius 3 is 2.60 bits per heavy atom. The highest BCUT2D eigenvalue weighted by atomic mass is 19.1. The first-order chi connectivity index (χ1) is 19.4. The van der Waals surface area contributed by atoms with Crippen LogP contribution in [0.5, 0.6) is 0 Å². The van der Waals surface area contributed by atoms with Gasteiger partial charge in [0.25, 0.3) is 5.91 Å². The molecule has 0 bridgehead atoms. The van der Waals surface area contributed by atoms with E-state index in [9.17, 15) is 14.7 Å². The molecular weight excluding hydrogens is 509 g/mol. The molecule has 0 unspecified atom stereocenters. The molecule has 2 atom stereocenters. The lowest BCUT2D eigenvalue weighted by molar-refractivity contribution is -0.140. The number of hydrogen-bond acceptors (Lipinski definition) is 5. The highest BCUT2D eigenvalue weighted by molar-refractivity contribution is 5.96. The molecule has 1 amide bonds. The Balaban J connectivity index is 1.21. The average Bonchev–Trinajstić information content (AvgIpc) is 3.51. The number of aliphatic carboxylic acids is 1. The number of aromatic nitrogens is 3. The van der Waals surface area contributed by atoms with E-state index in [1.165, 1.54) is 17.2 Å². The summed E-state index contributed by atoms with van der Waals surface area (Å²) in [5.41, 5.74) is 5.43. The molecule has 40 heavy (non-hydrogen) atoms. The molecule has 1 saturated carbocycles. The molecule has 1 aliphatic carbocycles. The number of carboxylic acid groups (broad SMARTS) is 1. The summed E-state index contributed by atoms with van der Waals surface area (Å²) in [6, 6.07) is 16.8. The average molecular weight is 540 g/mol. The van der Waals surface area contributed by atoms with E-state index in [1.807, 2.05) is 28.0 Å².